The normalized spacial score (nSPS) is 13.4. The Bertz CT molecular complexity index is 533. The van der Waals surface area contributed by atoms with Gasteiger partial charge in [0.05, 0.1) is 18.1 Å². The molecule has 1 aromatic rings. The molecule has 1 fully saturated rings. The Morgan fingerprint density at radius 1 is 1.14 bits per heavy atom. The lowest BCUT2D eigenvalue weighted by Gasteiger charge is -2.07. The third-order valence-corrected chi connectivity index (χ3v) is 2.94. The Balaban J connectivity index is 1.80. The van der Waals surface area contributed by atoms with Crippen LogP contribution in [0.2, 0.25) is 0 Å². The minimum absolute atomic E-state index is 0.0262. The van der Waals surface area contributed by atoms with Crippen molar-refractivity contribution in [2.45, 2.75) is 19.8 Å². The van der Waals surface area contributed by atoms with Crippen LogP contribution in [-0.2, 0) is 19.1 Å². The van der Waals surface area contributed by atoms with E-state index in [4.69, 9.17) is 9.47 Å². The number of nitrogens with one attached hydrogen (secondary N) is 1. The summed E-state index contributed by atoms with van der Waals surface area (Å²) in [7, 11) is 0. The molecule has 0 heterocycles. The van der Waals surface area contributed by atoms with E-state index in [0.717, 1.165) is 12.8 Å². The van der Waals surface area contributed by atoms with Crippen molar-refractivity contribution >= 4 is 23.5 Å². The molecule has 0 spiro atoms. The zero-order valence-corrected chi connectivity index (χ0v) is 11.8. The highest BCUT2D eigenvalue weighted by molar-refractivity contribution is 5.94. The summed E-state index contributed by atoms with van der Waals surface area (Å²) in [6.45, 7) is 1.74. The van der Waals surface area contributed by atoms with Crippen LogP contribution in [0.15, 0.2) is 24.3 Å². The molecule has 0 bridgehead atoms. The van der Waals surface area contributed by atoms with E-state index in [0.29, 0.717) is 17.9 Å². The van der Waals surface area contributed by atoms with Gasteiger partial charge in [-0.15, -0.1) is 0 Å². The molecule has 0 atom stereocenters. The van der Waals surface area contributed by atoms with Crippen molar-refractivity contribution in [3.63, 3.8) is 0 Å². The quantitative estimate of drug-likeness (QED) is 0.808. The summed E-state index contributed by atoms with van der Waals surface area (Å²) in [5, 5.41) is 2.59. The zero-order valence-electron chi connectivity index (χ0n) is 11.8. The Labute approximate surface area is 122 Å². The van der Waals surface area contributed by atoms with E-state index in [1.807, 2.05) is 0 Å². The van der Waals surface area contributed by atoms with Gasteiger partial charge in [-0.1, -0.05) is 0 Å². The summed E-state index contributed by atoms with van der Waals surface area (Å²) >= 11 is 0. The van der Waals surface area contributed by atoms with Gasteiger partial charge >= 0.3 is 11.9 Å². The predicted molar refractivity (Wildman–Crippen MR) is 74.7 cm³/mol. The van der Waals surface area contributed by atoms with Crippen LogP contribution >= 0.6 is 0 Å². The smallest absolute Gasteiger partial charge is 0.338 e. The second-order valence-corrected chi connectivity index (χ2v) is 4.73. The highest BCUT2D eigenvalue weighted by Gasteiger charge is 2.31. The molecule has 1 N–H and O–H groups in total. The van der Waals surface area contributed by atoms with Gasteiger partial charge < -0.3 is 14.8 Å². The van der Waals surface area contributed by atoms with Crippen LogP contribution in [0.25, 0.3) is 0 Å². The molecule has 0 aliphatic heterocycles. The standard InChI is InChI=1S/C15H17NO5/c1-2-20-14(18)11-5-7-12(8-6-11)16-13(17)9-21-15(19)10-3-4-10/h5-8,10H,2-4,9H2,1H3,(H,16,17). The van der Waals surface area contributed by atoms with E-state index in [1.165, 1.54) is 0 Å². The van der Waals surface area contributed by atoms with Crippen LogP contribution < -0.4 is 5.32 Å². The Hall–Kier alpha value is -2.37. The van der Waals surface area contributed by atoms with Gasteiger partial charge in [0, 0.05) is 5.69 Å². The first-order valence-electron chi connectivity index (χ1n) is 6.84. The topological polar surface area (TPSA) is 81.7 Å². The average molecular weight is 291 g/mol. The molecule has 6 nitrogen and oxygen atoms in total. The molecule has 1 amide bonds. The molecular formula is C15H17NO5. The van der Waals surface area contributed by atoms with Crippen molar-refractivity contribution in [3.8, 4) is 0 Å². The SMILES string of the molecule is CCOC(=O)c1ccc(NC(=O)COC(=O)C2CC2)cc1. The van der Waals surface area contributed by atoms with Crippen LogP contribution in [-0.4, -0.2) is 31.1 Å². The fourth-order valence-corrected chi connectivity index (χ4v) is 1.67. The third-order valence-electron chi connectivity index (χ3n) is 2.94. The lowest BCUT2D eigenvalue weighted by molar-refractivity contribution is -0.148. The van der Waals surface area contributed by atoms with Crippen LogP contribution in [0.4, 0.5) is 5.69 Å². The molecule has 0 radical (unpaired) electrons. The van der Waals surface area contributed by atoms with E-state index in [2.05, 4.69) is 5.32 Å². The lowest BCUT2D eigenvalue weighted by Crippen LogP contribution is -2.21. The average Bonchev–Trinajstić information content (AvgIpc) is 3.30. The maximum Gasteiger partial charge on any atom is 0.338 e. The van der Waals surface area contributed by atoms with Gasteiger partial charge in [-0.05, 0) is 44.0 Å². The summed E-state index contributed by atoms with van der Waals surface area (Å²) in [5.41, 5.74) is 0.936. The zero-order chi connectivity index (χ0) is 15.2. The Morgan fingerprint density at radius 2 is 1.81 bits per heavy atom. The van der Waals surface area contributed by atoms with Crippen molar-refractivity contribution in [3.05, 3.63) is 29.8 Å². The molecule has 1 aliphatic carbocycles. The van der Waals surface area contributed by atoms with Crippen molar-refractivity contribution < 1.29 is 23.9 Å². The van der Waals surface area contributed by atoms with Gasteiger partial charge in [0.1, 0.15) is 0 Å². The Morgan fingerprint density at radius 3 is 2.38 bits per heavy atom. The Kier molecular flexibility index (Phi) is 4.92. The molecule has 0 saturated heterocycles. The number of carbonyl (C=O) groups is 3. The van der Waals surface area contributed by atoms with E-state index in [9.17, 15) is 14.4 Å². The number of rotatable bonds is 6. The number of amides is 1. The molecule has 21 heavy (non-hydrogen) atoms. The van der Waals surface area contributed by atoms with Crippen molar-refractivity contribution in [2.75, 3.05) is 18.5 Å². The number of hydrogen-bond donors (Lipinski definition) is 1. The largest absolute Gasteiger partial charge is 0.462 e. The molecule has 1 saturated carbocycles. The van der Waals surface area contributed by atoms with Crippen molar-refractivity contribution in [2.24, 2.45) is 5.92 Å². The van der Waals surface area contributed by atoms with E-state index < -0.39 is 11.9 Å². The van der Waals surface area contributed by atoms with Gasteiger partial charge in [-0.25, -0.2) is 4.79 Å². The van der Waals surface area contributed by atoms with Gasteiger partial charge in [-0.2, -0.15) is 0 Å². The summed E-state index contributed by atoms with van der Waals surface area (Å²) in [4.78, 5) is 34.3. The van der Waals surface area contributed by atoms with Gasteiger partial charge in [-0.3, -0.25) is 9.59 Å². The van der Waals surface area contributed by atoms with Gasteiger partial charge in [0.15, 0.2) is 6.61 Å². The minimum atomic E-state index is -0.409. The maximum absolute atomic E-state index is 11.6. The maximum atomic E-state index is 11.6. The number of carbonyl (C=O) groups excluding carboxylic acids is 3. The second kappa shape index (κ2) is 6.88. The molecule has 0 aromatic heterocycles. The van der Waals surface area contributed by atoms with Gasteiger partial charge in [0.2, 0.25) is 0 Å². The number of benzene rings is 1. The first-order valence-corrected chi connectivity index (χ1v) is 6.84. The predicted octanol–water partition coefficient (Wildman–Crippen LogP) is 1.75. The molecule has 1 aliphatic rings. The number of hydrogen-bond acceptors (Lipinski definition) is 5. The highest BCUT2D eigenvalue weighted by Crippen LogP contribution is 2.29. The molecule has 6 heteroatoms. The van der Waals surface area contributed by atoms with Crippen molar-refractivity contribution in [1.29, 1.82) is 0 Å². The molecule has 1 aromatic carbocycles. The van der Waals surface area contributed by atoms with Crippen LogP contribution in [0.3, 0.4) is 0 Å². The molecular weight excluding hydrogens is 274 g/mol. The summed E-state index contributed by atoms with van der Waals surface area (Å²) in [6, 6.07) is 6.30. The molecule has 0 unspecified atom stereocenters. The number of esters is 2. The monoisotopic (exact) mass is 291 g/mol. The van der Waals surface area contributed by atoms with Gasteiger partial charge in [0.25, 0.3) is 5.91 Å². The summed E-state index contributed by atoms with van der Waals surface area (Å²) in [6.07, 6.45) is 1.69. The minimum Gasteiger partial charge on any atom is -0.462 e. The fourth-order valence-electron chi connectivity index (χ4n) is 1.67. The van der Waals surface area contributed by atoms with Crippen LogP contribution in [0, 0.1) is 5.92 Å². The second-order valence-electron chi connectivity index (χ2n) is 4.73. The van der Waals surface area contributed by atoms with Crippen LogP contribution in [0.1, 0.15) is 30.1 Å². The first kappa shape index (κ1) is 15.0. The number of anilines is 1. The molecule has 112 valence electrons. The van der Waals surface area contributed by atoms with Crippen molar-refractivity contribution in [1.82, 2.24) is 0 Å². The summed E-state index contributed by atoms with van der Waals surface area (Å²) < 4.78 is 9.73. The number of ether oxygens (including phenoxy) is 2. The highest BCUT2D eigenvalue weighted by atomic mass is 16.5. The van der Waals surface area contributed by atoms with E-state index in [1.54, 1.807) is 31.2 Å². The lowest BCUT2D eigenvalue weighted by atomic mass is 10.2. The first-order chi connectivity index (χ1) is 10.1. The van der Waals surface area contributed by atoms with E-state index in [-0.39, 0.29) is 18.5 Å². The summed E-state index contributed by atoms with van der Waals surface area (Å²) in [5.74, 6) is -1.16. The van der Waals surface area contributed by atoms with E-state index >= 15 is 0 Å². The third kappa shape index (κ3) is 4.59. The molecule has 2 rings (SSSR count). The fraction of sp³-hybridized carbons (Fsp3) is 0.400. The van der Waals surface area contributed by atoms with Crippen LogP contribution in [0.5, 0.6) is 0 Å².